The third kappa shape index (κ3) is 2.81. The minimum Gasteiger partial charge on any atom is -0.361 e. The lowest BCUT2D eigenvalue weighted by Crippen LogP contribution is -2.15. The van der Waals surface area contributed by atoms with Crippen molar-refractivity contribution in [3.63, 3.8) is 0 Å². The van der Waals surface area contributed by atoms with Crippen molar-refractivity contribution in [1.29, 1.82) is 0 Å². The van der Waals surface area contributed by atoms with Crippen molar-refractivity contribution in [2.75, 3.05) is 5.32 Å². The average molecular weight is 304 g/mol. The molecule has 0 bridgehead atoms. The third-order valence-electron chi connectivity index (χ3n) is 3.29. The van der Waals surface area contributed by atoms with Gasteiger partial charge in [-0.05, 0) is 35.9 Å². The van der Waals surface area contributed by atoms with E-state index < -0.39 is 23.4 Å². The number of carbonyl (C=O) groups excluding carboxylic acids is 1. The number of H-pyrrole nitrogens is 1. The Bertz CT molecular complexity index is 858. The number of aromatic nitrogens is 1. The summed E-state index contributed by atoms with van der Waals surface area (Å²) in [5.74, 6) is -2.45. The van der Waals surface area contributed by atoms with E-state index in [2.05, 4.69) is 10.3 Å². The van der Waals surface area contributed by atoms with Crippen LogP contribution in [0.2, 0.25) is 0 Å². The predicted octanol–water partition coefficient (Wildman–Crippen LogP) is 3.77. The van der Waals surface area contributed by atoms with E-state index in [-0.39, 0.29) is 12.1 Å². The quantitative estimate of drug-likeness (QED) is 0.760. The molecule has 1 heterocycles. The summed E-state index contributed by atoms with van der Waals surface area (Å²) >= 11 is 0. The molecule has 0 fully saturated rings. The van der Waals surface area contributed by atoms with Gasteiger partial charge in [-0.1, -0.05) is 0 Å². The number of anilines is 1. The Kier molecular flexibility index (Phi) is 3.58. The molecule has 0 aliphatic heterocycles. The smallest absolute Gasteiger partial charge is 0.228 e. The Morgan fingerprint density at radius 2 is 1.77 bits per heavy atom. The van der Waals surface area contributed by atoms with Crippen molar-refractivity contribution in [2.24, 2.45) is 0 Å². The first-order valence-electron chi connectivity index (χ1n) is 6.53. The van der Waals surface area contributed by atoms with Gasteiger partial charge in [0.05, 0.1) is 12.1 Å². The number of benzene rings is 2. The first-order valence-corrected chi connectivity index (χ1v) is 6.53. The van der Waals surface area contributed by atoms with Crippen LogP contribution in [0, 0.1) is 17.5 Å². The van der Waals surface area contributed by atoms with Gasteiger partial charge in [-0.25, -0.2) is 13.2 Å². The molecule has 0 radical (unpaired) electrons. The van der Waals surface area contributed by atoms with Gasteiger partial charge in [-0.3, -0.25) is 4.79 Å². The molecule has 3 nitrogen and oxygen atoms in total. The Labute approximate surface area is 123 Å². The van der Waals surface area contributed by atoms with Crippen molar-refractivity contribution in [2.45, 2.75) is 6.42 Å². The maximum atomic E-state index is 13.5. The molecule has 6 heteroatoms. The van der Waals surface area contributed by atoms with Gasteiger partial charge in [0.25, 0.3) is 0 Å². The number of fused-ring (bicyclic) bond motifs is 1. The van der Waals surface area contributed by atoms with Gasteiger partial charge >= 0.3 is 0 Å². The van der Waals surface area contributed by atoms with Crippen molar-refractivity contribution in [3.8, 4) is 0 Å². The van der Waals surface area contributed by atoms with E-state index in [1.54, 1.807) is 12.3 Å². The summed E-state index contributed by atoms with van der Waals surface area (Å²) in [4.78, 5) is 14.9. The highest BCUT2D eigenvalue weighted by atomic mass is 19.1. The van der Waals surface area contributed by atoms with Crippen LogP contribution in [-0.4, -0.2) is 10.9 Å². The zero-order chi connectivity index (χ0) is 15.7. The van der Waals surface area contributed by atoms with E-state index in [9.17, 15) is 18.0 Å². The fraction of sp³-hybridized carbons (Fsp3) is 0.0625. The summed E-state index contributed by atoms with van der Waals surface area (Å²) in [5, 5.41) is 2.96. The summed E-state index contributed by atoms with van der Waals surface area (Å²) in [5.41, 5.74) is 1.20. The largest absolute Gasteiger partial charge is 0.361 e. The molecular formula is C16H11F3N2O. The summed E-state index contributed by atoms with van der Waals surface area (Å²) < 4.78 is 39.6. The van der Waals surface area contributed by atoms with Crippen LogP contribution < -0.4 is 5.32 Å². The number of hydrogen-bond donors (Lipinski definition) is 2. The molecule has 22 heavy (non-hydrogen) atoms. The Morgan fingerprint density at radius 1 is 1.05 bits per heavy atom. The van der Waals surface area contributed by atoms with E-state index in [0.717, 1.165) is 12.1 Å². The van der Waals surface area contributed by atoms with Crippen LogP contribution in [0.3, 0.4) is 0 Å². The van der Waals surface area contributed by atoms with E-state index in [1.165, 1.54) is 12.1 Å². The summed E-state index contributed by atoms with van der Waals surface area (Å²) in [6, 6.07) is 7.11. The fourth-order valence-corrected chi connectivity index (χ4v) is 2.26. The molecule has 0 spiro atoms. The normalized spacial score (nSPS) is 10.9. The second kappa shape index (κ2) is 5.55. The lowest BCUT2D eigenvalue weighted by molar-refractivity contribution is -0.115. The Morgan fingerprint density at radius 3 is 2.55 bits per heavy atom. The Balaban J connectivity index is 1.79. The number of hydrogen-bond acceptors (Lipinski definition) is 1. The lowest BCUT2D eigenvalue weighted by Gasteiger charge is -2.06. The molecule has 3 rings (SSSR count). The van der Waals surface area contributed by atoms with Gasteiger partial charge in [0.2, 0.25) is 5.91 Å². The number of nitrogens with one attached hydrogen (secondary N) is 2. The SMILES string of the molecule is O=C(Cc1c[nH]c2ccc(F)cc12)Nc1ccc(F)cc1F. The van der Waals surface area contributed by atoms with Gasteiger partial charge in [-0.2, -0.15) is 0 Å². The molecule has 2 N–H and O–H groups in total. The first-order chi connectivity index (χ1) is 10.5. The molecule has 112 valence electrons. The van der Waals surface area contributed by atoms with E-state index in [0.29, 0.717) is 22.5 Å². The zero-order valence-corrected chi connectivity index (χ0v) is 11.3. The maximum absolute atomic E-state index is 13.5. The number of halogens is 3. The van der Waals surface area contributed by atoms with Crippen LogP contribution in [0.15, 0.2) is 42.6 Å². The van der Waals surface area contributed by atoms with E-state index in [4.69, 9.17) is 0 Å². The Hall–Kier alpha value is -2.76. The molecular weight excluding hydrogens is 293 g/mol. The highest BCUT2D eigenvalue weighted by molar-refractivity contribution is 5.95. The highest BCUT2D eigenvalue weighted by Gasteiger charge is 2.12. The van der Waals surface area contributed by atoms with E-state index in [1.807, 2.05) is 0 Å². The topological polar surface area (TPSA) is 44.9 Å². The van der Waals surface area contributed by atoms with Gasteiger partial charge in [0, 0.05) is 23.2 Å². The second-order valence-corrected chi connectivity index (χ2v) is 4.85. The minimum atomic E-state index is -0.849. The summed E-state index contributed by atoms with van der Waals surface area (Å²) in [6.45, 7) is 0. The number of carbonyl (C=O) groups is 1. The van der Waals surface area contributed by atoms with Crippen LogP contribution in [0.4, 0.5) is 18.9 Å². The van der Waals surface area contributed by atoms with Crippen LogP contribution >= 0.6 is 0 Å². The van der Waals surface area contributed by atoms with E-state index >= 15 is 0 Å². The van der Waals surface area contributed by atoms with Crippen molar-refractivity contribution < 1.29 is 18.0 Å². The summed E-state index contributed by atoms with van der Waals surface area (Å²) in [7, 11) is 0. The number of rotatable bonds is 3. The lowest BCUT2D eigenvalue weighted by atomic mass is 10.1. The molecule has 0 aliphatic rings. The standard InChI is InChI=1S/C16H11F3N2O/c17-10-1-3-14-12(6-10)9(8-20-14)5-16(22)21-15-4-2-11(18)7-13(15)19/h1-4,6-8,20H,5H2,(H,21,22). The van der Waals surface area contributed by atoms with Crippen molar-refractivity contribution in [1.82, 2.24) is 4.98 Å². The van der Waals surface area contributed by atoms with Gasteiger partial charge < -0.3 is 10.3 Å². The van der Waals surface area contributed by atoms with Crippen LogP contribution in [0.1, 0.15) is 5.56 Å². The maximum Gasteiger partial charge on any atom is 0.228 e. The molecule has 0 aliphatic carbocycles. The molecule has 0 atom stereocenters. The molecule has 1 amide bonds. The summed E-state index contributed by atoms with van der Waals surface area (Å²) in [6.07, 6.45) is 1.55. The van der Waals surface area contributed by atoms with Crippen molar-refractivity contribution >= 4 is 22.5 Å². The van der Waals surface area contributed by atoms with Crippen LogP contribution in [-0.2, 0) is 11.2 Å². The number of amides is 1. The average Bonchev–Trinajstić information content (AvgIpc) is 2.84. The molecule has 1 aromatic heterocycles. The molecule has 0 saturated carbocycles. The second-order valence-electron chi connectivity index (χ2n) is 4.85. The van der Waals surface area contributed by atoms with Gasteiger partial charge in [0.15, 0.2) is 0 Å². The van der Waals surface area contributed by atoms with Crippen molar-refractivity contribution in [3.05, 3.63) is 65.6 Å². The predicted molar refractivity (Wildman–Crippen MR) is 76.9 cm³/mol. The molecule has 0 unspecified atom stereocenters. The number of aromatic amines is 1. The van der Waals surface area contributed by atoms with Crippen LogP contribution in [0.25, 0.3) is 10.9 Å². The monoisotopic (exact) mass is 304 g/mol. The van der Waals surface area contributed by atoms with Gasteiger partial charge in [-0.15, -0.1) is 0 Å². The molecule has 0 saturated heterocycles. The first kappa shape index (κ1) is 14.2. The molecule has 3 aromatic rings. The fourth-order valence-electron chi connectivity index (χ4n) is 2.26. The van der Waals surface area contributed by atoms with Gasteiger partial charge in [0.1, 0.15) is 17.5 Å². The zero-order valence-electron chi connectivity index (χ0n) is 11.3. The van der Waals surface area contributed by atoms with Crippen LogP contribution in [0.5, 0.6) is 0 Å². The third-order valence-corrected chi connectivity index (χ3v) is 3.29. The minimum absolute atomic E-state index is 0.0553. The highest BCUT2D eigenvalue weighted by Crippen LogP contribution is 2.21. The molecule has 2 aromatic carbocycles.